The van der Waals surface area contributed by atoms with Crippen LogP contribution in [0.2, 0.25) is 0 Å². The van der Waals surface area contributed by atoms with Gasteiger partial charge in [-0.1, -0.05) is 38.5 Å². The standard InChI is InChI=1S/C12H16N2/c1-3-6-9(2)12-10-7-4-5-8-11(10)13-14-12/h4-5,7-9H,3,6H2,1-2H3,(H,13,14). The second kappa shape index (κ2) is 3.82. The lowest BCUT2D eigenvalue weighted by molar-refractivity contribution is 0.648. The van der Waals surface area contributed by atoms with Crippen molar-refractivity contribution in [2.24, 2.45) is 0 Å². The summed E-state index contributed by atoms with van der Waals surface area (Å²) in [7, 11) is 0. The van der Waals surface area contributed by atoms with Crippen molar-refractivity contribution in [1.29, 1.82) is 0 Å². The molecule has 2 heteroatoms. The van der Waals surface area contributed by atoms with Crippen molar-refractivity contribution in [3.05, 3.63) is 30.0 Å². The molecule has 1 unspecified atom stereocenters. The van der Waals surface area contributed by atoms with Crippen molar-refractivity contribution in [3.63, 3.8) is 0 Å². The molecule has 2 nitrogen and oxygen atoms in total. The molecule has 74 valence electrons. The van der Waals surface area contributed by atoms with Gasteiger partial charge in [-0.15, -0.1) is 0 Å². The number of aromatic amines is 1. The molecule has 0 fully saturated rings. The largest absolute Gasteiger partial charge is 0.281 e. The Morgan fingerprint density at radius 1 is 1.36 bits per heavy atom. The number of nitrogens with zero attached hydrogens (tertiary/aromatic N) is 1. The van der Waals surface area contributed by atoms with Gasteiger partial charge in [-0.25, -0.2) is 0 Å². The summed E-state index contributed by atoms with van der Waals surface area (Å²) in [5.41, 5.74) is 2.35. The van der Waals surface area contributed by atoms with Gasteiger partial charge in [0.15, 0.2) is 0 Å². The number of hydrogen-bond donors (Lipinski definition) is 1. The summed E-state index contributed by atoms with van der Waals surface area (Å²) < 4.78 is 0. The van der Waals surface area contributed by atoms with Gasteiger partial charge in [0.05, 0.1) is 5.52 Å². The van der Waals surface area contributed by atoms with E-state index in [4.69, 9.17) is 0 Å². The van der Waals surface area contributed by atoms with E-state index in [-0.39, 0.29) is 0 Å². The lowest BCUT2D eigenvalue weighted by atomic mass is 9.99. The zero-order valence-electron chi connectivity index (χ0n) is 8.75. The van der Waals surface area contributed by atoms with Gasteiger partial charge in [-0.2, -0.15) is 5.10 Å². The smallest absolute Gasteiger partial charge is 0.0923 e. The average molecular weight is 188 g/mol. The predicted molar refractivity (Wildman–Crippen MR) is 59.4 cm³/mol. The summed E-state index contributed by atoms with van der Waals surface area (Å²) in [5, 5.41) is 8.72. The molecule has 0 aliphatic rings. The van der Waals surface area contributed by atoms with Crippen LogP contribution in [0.1, 0.15) is 38.3 Å². The van der Waals surface area contributed by atoms with Gasteiger partial charge in [0.2, 0.25) is 0 Å². The molecule has 2 rings (SSSR count). The van der Waals surface area contributed by atoms with Crippen LogP contribution in [0, 0.1) is 0 Å². The molecule has 1 N–H and O–H groups in total. The molecule has 0 aliphatic carbocycles. The number of benzene rings is 1. The van der Waals surface area contributed by atoms with E-state index in [2.05, 4.69) is 36.2 Å². The number of aromatic nitrogens is 2. The van der Waals surface area contributed by atoms with Crippen LogP contribution in [-0.4, -0.2) is 10.2 Å². The van der Waals surface area contributed by atoms with Crippen LogP contribution in [0.4, 0.5) is 0 Å². The molecule has 1 aromatic heterocycles. The molecule has 2 aromatic rings. The van der Waals surface area contributed by atoms with Crippen LogP contribution < -0.4 is 0 Å². The van der Waals surface area contributed by atoms with Gasteiger partial charge in [-0.3, -0.25) is 5.10 Å². The van der Waals surface area contributed by atoms with Crippen molar-refractivity contribution in [1.82, 2.24) is 10.2 Å². The first-order chi connectivity index (χ1) is 6.83. The SMILES string of the molecule is CCCC(C)c1[nH]nc2ccccc12. The van der Waals surface area contributed by atoms with Crippen LogP contribution >= 0.6 is 0 Å². The van der Waals surface area contributed by atoms with E-state index in [9.17, 15) is 0 Å². The fraction of sp³-hybridized carbons (Fsp3) is 0.417. The fourth-order valence-corrected chi connectivity index (χ4v) is 1.93. The first-order valence-electron chi connectivity index (χ1n) is 5.26. The minimum Gasteiger partial charge on any atom is -0.281 e. The molecule has 1 aromatic carbocycles. The summed E-state index contributed by atoms with van der Waals surface area (Å²) in [6.45, 7) is 4.47. The fourth-order valence-electron chi connectivity index (χ4n) is 1.93. The van der Waals surface area contributed by atoms with Crippen molar-refractivity contribution in [3.8, 4) is 0 Å². The first-order valence-corrected chi connectivity index (χ1v) is 5.26. The number of para-hydroxylation sites is 1. The Hall–Kier alpha value is -1.31. The Balaban J connectivity index is 2.42. The van der Waals surface area contributed by atoms with Crippen molar-refractivity contribution < 1.29 is 0 Å². The molecule has 14 heavy (non-hydrogen) atoms. The Labute approximate surface area is 84.3 Å². The molecule has 0 saturated carbocycles. The second-order valence-electron chi connectivity index (χ2n) is 3.84. The average Bonchev–Trinajstić information content (AvgIpc) is 2.61. The topological polar surface area (TPSA) is 28.7 Å². The van der Waals surface area contributed by atoms with Crippen molar-refractivity contribution in [2.75, 3.05) is 0 Å². The van der Waals surface area contributed by atoms with Gasteiger partial charge in [0.1, 0.15) is 0 Å². The summed E-state index contributed by atoms with van der Waals surface area (Å²) in [4.78, 5) is 0. The minimum atomic E-state index is 0.576. The Morgan fingerprint density at radius 3 is 2.93 bits per heavy atom. The summed E-state index contributed by atoms with van der Waals surface area (Å²) in [5.74, 6) is 0.576. The number of fused-ring (bicyclic) bond motifs is 1. The van der Waals surface area contributed by atoms with Crippen LogP contribution in [0.25, 0.3) is 10.9 Å². The molecule has 1 heterocycles. The molecule has 0 aliphatic heterocycles. The summed E-state index contributed by atoms with van der Waals surface area (Å²) in [6.07, 6.45) is 2.43. The highest BCUT2D eigenvalue weighted by Gasteiger charge is 2.10. The lowest BCUT2D eigenvalue weighted by Gasteiger charge is -2.07. The van der Waals surface area contributed by atoms with E-state index in [1.165, 1.54) is 23.9 Å². The van der Waals surface area contributed by atoms with Gasteiger partial charge in [-0.05, 0) is 18.4 Å². The van der Waals surface area contributed by atoms with Gasteiger partial charge in [0, 0.05) is 11.1 Å². The van der Waals surface area contributed by atoms with Crippen molar-refractivity contribution >= 4 is 10.9 Å². The van der Waals surface area contributed by atoms with Crippen LogP contribution in [0.5, 0.6) is 0 Å². The quantitative estimate of drug-likeness (QED) is 0.785. The third kappa shape index (κ3) is 1.52. The molecular formula is C12H16N2. The highest BCUT2D eigenvalue weighted by Crippen LogP contribution is 2.25. The third-order valence-electron chi connectivity index (χ3n) is 2.71. The first kappa shape index (κ1) is 9.25. The normalized spacial score (nSPS) is 13.3. The van der Waals surface area contributed by atoms with E-state index >= 15 is 0 Å². The van der Waals surface area contributed by atoms with Crippen molar-refractivity contribution in [2.45, 2.75) is 32.6 Å². The van der Waals surface area contributed by atoms with Crippen LogP contribution in [0.15, 0.2) is 24.3 Å². The number of H-pyrrole nitrogens is 1. The molecule has 0 spiro atoms. The molecule has 1 atom stereocenters. The van der Waals surface area contributed by atoms with Gasteiger partial charge >= 0.3 is 0 Å². The Bertz CT molecular complexity index is 417. The summed E-state index contributed by atoms with van der Waals surface area (Å²) >= 11 is 0. The maximum atomic E-state index is 4.30. The van der Waals surface area contributed by atoms with E-state index in [0.717, 1.165) is 5.52 Å². The van der Waals surface area contributed by atoms with E-state index in [1.54, 1.807) is 0 Å². The maximum Gasteiger partial charge on any atom is 0.0923 e. The highest BCUT2D eigenvalue weighted by atomic mass is 15.1. The zero-order valence-corrected chi connectivity index (χ0v) is 8.75. The van der Waals surface area contributed by atoms with E-state index < -0.39 is 0 Å². The van der Waals surface area contributed by atoms with Crippen LogP contribution in [0.3, 0.4) is 0 Å². The Morgan fingerprint density at radius 2 is 2.14 bits per heavy atom. The summed E-state index contributed by atoms with van der Waals surface area (Å²) in [6, 6.07) is 8.28. The highest BCUT2D eigenvalue weighted by molar-refractivity contribution is 5.81. The van der Waals surface area contributed by atoms with Gasteiger partial charge < -0.3 is 0 Å². The van der Waals surface area contributed by atoms with Gasteiger partial charge in [0.25, 0.3) is 0 Å². The molecule has 0 bridgehead atoms. The number of nitrogens with one attached hydrogen (secondary N) is 1. The number of hydrogen-bond acceptors (Lipinski definition) is 1. The second-order valence-corrected chi connectivity index (χ2v) is 3.84. The lowest BCUT2D eigenvalue weighted by Crippen LogP contribution is -1.93. The zero-order chi connectivity index (χ0) is 9.97. The Kier molecular flexibility index (Phi) is 2.53. The third-order valence-corrected chi connectivity index (χ3v) is 2.71. The molecule has 0 amide bonds. The molecular weight excluding hydrogens is 172 g/mol. The maximum absolute atomic E-state index is 4.30. The van der Waals surface area contributed by atoms with E-state index in [1.807, 2.05) is 12.1 Å². The molecule has 0 radical (unpaired) electrons. The van der Waals surface area contributed by atoms with Crippen LogP contribution in [-0.2, 0) is 0 Å². The number of rotatable bonds is 3. The minimum absolute atomic E-state index is 0.576. The monoisotopic (exact) mass is 188 g/mol. The molecule has 0 saturated heterocycles. The predicted octanol–water partition coefficient (Wildman–Crippen LogP) is 3.47. The van der Waals surface area contributed by atoms with E-state index in [0.29, 0.717) is 5.92 Å².